The molecule has 1 saturated carbocycles. The maximum Gasteiger partial charge on any atom is 0.226 e. The van der Waals surface area contributed by atoms with Crippen LogP contribution in [0.25, 0.3) is 11.0 Å². The van der Waals surface area contributed by atoms with Crippen molar-refractivity contribution in [2.45, 2.75) is 25.8 Å². The molecule has 2 atom stereocenters. The minimum atomic E-state index is 0.141. The number of nitrogens with one attached hydrogen (secondary N) is 1. The maximum absolute atomic E-state index is 12.6. The van der Waals surface area contributed by atoms with Crippen LogP contribution in [0.4, 0.5) is 0 Å². The van der Waals surface area contributed by atoms with Gasteiger partial charge in [-0.25, -0.2) is 4.98 Å². The van der Waals surface area contributed by atoms with Crippen LogP contribution in [0.1, 0.15) is 27.9 Å². The molecule has 1 aliphatic carbocycles. The summed E-state index contributed by atoms with van der Waals surface area (Å²) in [5.74, 6) is 1.62. The monoisotopic (exact) mass is 325 g/mol. The summed E-state index contributed by atoms with van der Waals surface area (Å²) < 4.78 is 0. The van der Waals surface area contributed by atoms with Gasteiger partial charge in [0.05, 0.1) is 17.6 Å². The number of aromatic nitrogens is 2. The number of nitrogens with zero attached hydrogens (tertiary/aromatic N) is 2. The van der Waals surface area contributed by atoms with Crippen LogP contribution in [0.3, 0.4) is 0 Å². The van der Waals surface area contributed by atoms with E-state index in [9.17, 15) is 4.79 Å². The van der Waals surface area contributed by atoms with E-state index in [1.807, 2.05) is 42.6 Å². The van der Waals surface area contributed by atoms with Crippen LogP contribution >= 0.6 is 11.3 Å². The van der Waals surface area contributed by atoms with Crippen LogP contribution in [0.15, 0.2) is 36.4 Å². The van der Waals surface area contributed by atoms with Gasteiger partial charge in [-0.1, -0.05) is 12.1 Å². The lowest BCUT2D eigenvalue weighted by atomic mass is 10.2. The van der Waals surface area contributed by atoms with E-state index in [0.717, 1.165) is 23.3 Å². The van der Waals surface area contributed by atoms with Crippen LogP contribution in [0.2, 0.25) is 0 Å². The number of hydrogen-bond donors (Lipinski definition) is 1. The van der Waals surface area contributed by atoms with Gasteiger partial charge in [-0.15, -0.1) is 11.3 Å². The van der Waals surface area contributed by atoms with Gasteiger partial charge < -0.3 is 9.88 Å². The Bertz CT molecular complexity index is 833. The van der Waals surface area contributed by atoms with Gasteiger partial charge >= 0.3 is 0 Å². The zero-order valence-corrected chi connectivity index (χ0v) is 14.1. The second-order valence-corrected chi connectivity index (χ2v) is 7.61. The van der Waals surface area contributed by atoms with Crippen LogP contribution in [0, 0.1) is 12.8 Å². The summed E-state index contributed by atoms with van der Waals surface area (Å²) in [4.78, 5) is 24.9. The van der Waals surface area contributed by atoms with Gasteiger partial charge in [0.25, 0.3) is 0 Å². The molecule has 0 spiro atoms. The lowest BCUT2D eigenvalue weighted by Crippen LogP contribution is -2.28. The van der Waals surface area contributed by atoms with Crippen molar-refractivity contribution >= 4 is 28.3 Å². The largest absolute Gasteiger partial charge is 0.340 e. The van der Waals surface area contributed by atoms with E-state index in [1.54, 1.807) is 4.90 Å². The summed E-state index contributed by atoms with van der Waals surface area (Å²) in [5.41, 5.74) is 1.96. The van der Waals surface area contributed by atoms with Gasteiger partial charge in [-0.2, -0.15) is 0 Å². The first-order valence-corrected chi connectivity index (χ1v) is 8.68. The van der Waals surface area contributed by atoms with Crippen molar-refractivity contribution in [2.24, 2.45) is 5.92 Å². The Morgan fingerprint density at radius 1 is 1.35 bits per heavy atom. The number of H-pyrrole nitrogens is 1. The molecule has 1 aliphatic rings. The maximum atomic E-state index is 12.6. The van der Waals surface area contributed by atoms with E-state index in [4.69, 9.17) is 0 Å². The number of aromatic amines is 1. The molecule has 0 aliphatic heterocycles. The summed E-state index contributed by atoms with van der Waals surface area (Å²) in [5, 5.41) is 0. The number of benzene rings is 1. The summed E-state index contributed by atoms with van der Waals surface area (Å²) >= 11 is 1.81. The van der Waals surface area contributed by atoms with Crippen molar-refractivity contribution in [3.8, 4) is 0 Å². The number of carbonyl (C=O) groups excluding carboxylic acids is 1. The van der Waals surface area contributed by atoms with E-state index in [-0.39, 0.29) is 11.8 Å². The Morgan fingerprint density at radius 2 is 2.17 bits per heavy atom. The molecule has 1 aromatic carbocycles. The Morgan fingerprint density at radius 3 is 2.91 bits per heavy atom. The summed E-state index contributed by atoms with van der Waals surface area (Å²) in [7, 11) is 1.87. The Hall–Kier alpha value is -2.14. The fraction of sp³-hybridized carbons (Fsp3) is 0.333. The highest BCUT2D eigenvalue weighted by atomic mass is 32.1. The predicted molar refractivity (Wildman–Crippen MR) is 92.5 cm³/mol. The SMILES string of the molecule is Cc1ccc([C@H]2C[C@@H]2C(=O)N(C)Cc2nc3ccccc3[nH]2)s1. The van der Waals surface area contributed by atoms with E-state index >= 15 is 0 Å². The minimum absolute atomic E-state index is 0.141. The number of aryl methyl sites for hydroxylation is 1. The fourth-order valence-electron chi connectivity index (χ4n) is 3.10. The smallest absolute Gasteiger partial charge is 0.226 e. The van der Waals surface area contributed by atoms with Gasteiger partial charge in [0.2, 0.25) is 5.91 Å². The molecule has 0 saturated heterocycles. The quantitative estimate of drug-likeness (QED) is 0.795. The zero-order valence-electron chi connectivity index (χ0n) is 13.2. The third-order valence-electron chi connectivity index (χ3n) is 4.44. The topological polar surface area (TPSA) is 49.0 Å². The highest BCUT2D eigenvalue weighted by molar-refractivity contribution is 7.12. The van der Waals surface area contributed by atoms with Crippen molar-refractivity contribution in [3.63, 3.8) is 0 Å². The first-order chi connectivity index (χ1) is 11.1. The number of carbonyl (C=O) groups is 1. The number of hydrogen-bond acceptors (Lipinski definition) is 3. The summed E-state index contributed by atoms with van der Waals surface area (Å²) in [6.07, 6.45) is 0.975. The molecule has 1 N–H and O–H groups in total. The van der Waals surface area contributed by atoms with Crippen LogP contribution in [-0.4, -0.2) is 27.8 Å². The third kappa shape index (κ3) is 2.77. The van der Waals surface area contributed by atoms with Crippen LogP contribution < -0.4 is 0 Å². The van der Waals surface area contributed by atoms with Gasteiger partial charge in [0.1, 0.15) is 5.82 Å². The molecular weight excluding hydrogens is 306 g/mol. The summed E-state index contributed by atoms with van der Waals surface area (Å²) in [6.45, 7) is 2.64. The first kappa shape index (κ1) is 14.5. The molecule has 1 amide bonds. The minimum Gasteiger partial charge on any atom is -0.340 e. The summed E-state index contributed by atoms with van der Waals surface area (Å²) in [6, 6.07) is 12.2. The van der Waals surface area contributed by atoms with Crippen molar-refractivity contribution < 1.29 is 4.79 Å². The predicted octanol–water partition coefficient (Wildman–Crippen LogP) is 3.69. The lowest BCUT2D eigenvalue weighted by molar-refractivity contribution is -0.132. The molecule has 2 aromatic heterocycles. The molecule has 5 heteroatoms. The number of rotatable bonds is 4. The van der Waals surface area contributed by atoms with Crippen molar-refractivity contribution in [3.05, 3.63) is 52.0 Å². The molecule has 1 fully saturated rings. The molecule has 0 radical (unpaired) electrons. The fourth-order valence-corrected chi connectivity index (χ4v) is 4.16. The standard InChI is InChI=1S/C18H19N3OS/c1-11-7-8-16(23-11)12-9-13(12)18(22)21(2)10-17-19-14-5-3-4-6-15(14)20-17/h3-8,12-13H,9-10H2,1-2H3,(H,19,20)/t12-,13-/m0/s1. The van der Waals surface area contributed by atoms with Gasteiger partial charge in [-0.05, 0) is 37.6 Å². The van der Waals surface area contributed by atoms with Crippen LogP contribution in [-0.2, 0) is 11.3 Å². The molecule has 2 heterocycles. The molecule has 0 unspecified atom stereocenters. The molecule has 0 bridgehead atoms. The van der Waals surface area contributed by atoms with Gasteiger partial charge in [0.15, 0.2) is 0 Å². The molecule has 3 aromatic rings. The van der Waals surface area contributed by atoms with E-state index in [1.165, 1.54) is 9.75 Å². The van der Waals surface area contributed by atoms with Crippen molar-refractivity contribution in [1.29, 1.82) is 0 Å². The van der Waals surface area contributed by atoms with E-state index in [2.05, 4.69) is 29.0 Å². The Balaban J connectivity index is 1.43. The van der Waals surface area contributed by atoms with Gasteiger partial charge in [0, 0.05) is 28.6 Å². The second kappa shape index (κ2) is 5.49. The number of para-hydroxylation sites is 2. The first-order valence-electron chi connectivity index (χ1n) is 7.87. The highest BCUT2D eigenvalue weighted by Crippen LogP contribution is 2.50. The molecule has 4 nitrogen and oxygen atoms in total. The van der Waals surface area contributed by atoms with Gasteiger partial charge in [-0.3, -0.25) is 4.79 Å². The second-order valence-electron chi connectivity index (χ2n) is 6.29. The third-order valence-corrected chi connectivity index (χ3v) is 5.57. The van der Waals surface area contributed by atoms with E-state index in [0.29, 0.717) is 12.5 Å². The van der Waals surface area contributed by atoms with Crippen molar-refractivity contribution in [2.75, 3.05) is 7.05 Å². The molecule has 118 valence electrons. The average molecular weight is 325 g/mol. The normalized spacial score (nSPS) is 19.9. The number of fused-ring (bicyclic) bond motifs is 1. The van der Waals surface area contributed by atoms with Crippen molar-refractivity contribution in [1.82, 2.24) is 14.9 Å². The zero-order chi connectivity index (χ0) is 16.0. The van der Waals surface area contributed by atoms with E-state index < -0.39 is 0 Å². The Kier molecular flexibility index (Phi) is 3.45. The number of amides is 1. The average Bonchev–Trinajstić information content (AvgIpc) is 3.04. The number of thiophene rings is 1. The number of imidazole rings is 1. The molecule has 23 heavy (non-hydrogen) atoms. The highest BCUT2D eigenvalue weighted by Gasteiger charge is 2.45. The van der Waals surface area contributed by atoms with Crippen LogP contribution in [0.5, 0.6) is 0 Å². The molecular formula is C18H19N3OS. The Labute approximate surface area is 139 Å². The molecule has 4 rings (SSSR count). The lowest BCUT2D eigenvalue weighted by Gasteiger charge is -2.15.